The lowest BCUT2D eigenvalue weighted by Gasteiger charge is -2.09. The molecule has 2 heterocycles. The van der Waals surface area contributed by atoms with E-state index >= 15 is 0 Å². The number of nitrogens with zero attached hydrogens (tertiary/aromatic N) is 4. The Bertz CT molecular complexity index is 924. The van der Waals surface area contributed by atoms with Crippen LogP contribution in [0.5, 0.6) is 5.88 Å². The second kappa shape index (κ2) is 6.94. The van der Waals surface area contributed by atoms with Crippen LogP contribution in [0.1, 0.15) is 0 Å². The molecule has 1 N–H and O–H groups in total. The number of aromatic nitrogens is 4. The summed E-state index contributed by atoms with van der Waals surface area (Å²) in [6.45, 7) is -0.556. The zero-order valence-electron chi connectivity index (χ0n) is 13.0. The van der Waals surface area contributed by atoms with Gasteiger partial charge in [-0.3, -0.25) is 4.79 Å². The Kier molecular flexibility index (Phi) is 4.69. The molecule has 0 fully saturated rings. The molecule has 0 saturated heterocycles. The molecule has 0 spiro atoms. The van der Waals surface area contributed by atoms with Gasteiger partial charge in [0.15, 0.2) is 11.5 Å². The summed E-state index contributed by atoms with van der Waals surface area (Å²) in [7, 11) is 0. The van der Waals surface area contributed by atoms with E-state index in [1.807, 2.05) is 0 Å². The highest BCUT2D eigenvalue weighted by molar-refractivity contribution is 5.81. The second-order valence-corrected chi connectivity index (χ2v) is 5.07. The van der Waals surface area contributed by atoms with Crippen molar-refractivity contribution in [3.05, 3.63) is 42.2 Å². The molecule has 2 aromatic heterocycles. The van der Waals surface area contributed by atoms with Crippen LogP contribution in [0.25, 0.3) is 17.0 Å². The third-order valence-corrected chi connectivity index (χ3v) is 3.24. The number of fused-ring (bicyclic) bond motifs is 1. The normalized spacial score (nSPS) is 11.5. The Morgan fingerprint density at radius 3 is 2.54 bits per heavy atom. The van der Waals surface area contributed by atoms with Crippen molar-refractivity contribution in [2.75, 3.05) is 13.2 Å². The monoisotopic (exact) mass is 369 g/mol. The van der Waals surface area contributed by atoms with Gasteiger partial charge >= 0.3 is 12.1 Å². The number of alkyl halides is 3. The predicted molar refractivity (Wildman–Crippen MR) is 80.7 cm³/mol. The first-order valence-electron chi connectivity index (χ1n) is 7.31. The van der Waals surface area contributed by atoms with E-state index < -0.39 is 17.9 Å². The fourth-order valence-corrected chi connectivity index (χ4v) is 2.05. The van der Waals surface area contributed by atoms with Crippen molar-refractivity contribution in [1.82, 2.24) is 25.1 Å². The Balaban J connectivity index is 1.70. The van der Waals surface area contributed by atoms with Crippen LogP contribution in [0.2, 0.25) is 0 Å². The van der Waals surface area contributed by atoms with E-state index in [0.717, 1.165) is 0 Å². The Hall–Kier alpha value is -3.24. The van der Waals surface area contributed by atoms with Crippen LogP contribution in [0.4, 0.5) is 17.6 Å². The molecule has 3 rings (SSSR count). The highest BCUT2D eigenvalue weighted by atomic mass is 19.4. The van der Waals surface area contributed by atoms with Crippen LogP contribution in [0, 0.1) is 5.82 Å². The second-order valence-electron chi connectivity index (χ2n) is 5.07. The zero-order valence-corrected chi connectivity index (χ0v) is 13.0. The number of halogens is 4. The molecular formula is C15H11F4N5O2. The molecule has 0 radical (unpaired) electrons. The summed E-state index contributed by atoms with van der Waals surface area (Å²) in [6, 6.07) is 8.56. The van der Waals surface area contributed by atoms with Crippen molar-refractivity contribution in [2.24, 2.45) is 0 Å². The minimum absolute atomic E-state index is 0.0990. The molecule has 11 heteroatoms. The van der Waals surface area contributed by atoms with E-state index in [9.17, 15) is 22.4 Å². The van der Waals surface area contributed by atoms with Crippen molar-refractivity contribution in [3.63, 3.8) is 0 Å². The topological polar surface area (TPSA) is 81.4 Å². The number of benzene rings is 1. The smallest absolute Gasteiger partial charge is 0.471 e. The minimum Gasteiger partial charge on any atom is -0.475 e. The van der Waals surface area contributed by atoms with Gasteiger partial charge in [-0.25, -0.2) is 4.39 Å². The molecule has 7 nitrogen and oxygen atoms in total. The first-order chi connectivity index (χ1) is 12.3. The first-order valence-corrected chi connectivity index (χ1v) is 7.31. The molecule has 0 aliphatic carbocycles. The van der Waals surface area contributed by atoms with Gasteiger partial charge in [-0.15, -0.1) is 15.3 Å². The summed E-state index contributed by atoms with van der Waals surface area (Å²) in [5.74, 6) is -2.00. The lowest BCUT2D eigenvalue weighted by molar-refractivity contribution is -0.173. The standard InChI is InChI=1S/C15H11F4N5O2/c16-10-3-1-9(2-4-10)13-22-21-11-5-6-12(23-24(11)13)26-8-7-20-14(25)15(17,18)19/h1-6H,7-8H2,(H,20,25). The van der Waals surface area contributed by atoms with Gasteiger partial charge in [-0.05, 0) is 30.3 Å². The average Bonchev–Trinajstić information content (AvgIpc) is 3.01. The maximum Gasteiger partial charge on any atom is 0.471 e. The van der Waals surface area contributed by atoms with Gasteiger partial charge in [0.2, 0.25) is 5.88 Å². The molecular weight excluding hydrogens is 358 g/mol. The first kappa shape index (κ1) is 17.6. The maximum atomic E-state index is 13.0. The molecule has 0 atom stereocenters. The Labute approximate surface area is 143 Å². The van der Waals surface area contributed by atoms with E-state index in [2.05, 4.69) is 15.3 Å². The zero-order chi connectivity index (χ0) is 18.7. The quantitative estimate of drug-likeness (QED) is 0.550. The van der Waals surface area contributed by atoms with E-state index in [1.165, 1.54) is 34.8 Å². The van der Waals surface area contributed by atoms with Gasteiger partial charge in [0.25, 0.3) is 0 Å². The van der Waals surface area contributed by atoms with E-state index in [-0.39, 0.29) is 19.0 Å². The van der Waals surface area contributed by atoms with Crippen molar-refractivity contribution in [2.45, 2.75) is 6.18 Å². The van der Waals surface area contributed by atoms with Gasteiger partial charge in [0, 0.05) is 11.6 Å². The van der Waals surface area contributed by atoms with Crippen LogP contribution in [-0.4, -0.2) is 45.0 Å². The molecule has 1 aromatic carbocycles. The molecule has 0 saturated carbocycles. The van der Waals surface area contributed by atoms with Crippen LogP contribution in [0.15, 0.2) is 36.4 Å². The number of carbonyl (C=O) groups excluding carboxylic acids is 1. The Morgan fingerprint density at radius 1 is 1.12 bits per heavy atom. The summed E-state index contributed by atoms with van der Waals surface area (Å²) in [5, 5.41) is 13.7. The molecule has 1 amide bonds. The number of hydrogen-bond acceptors (Lipinski definition) is 5. The van der Waals surface area contributed by atoms with Gasteiger partial charge in [0.05, 0.1) is 6.54 Å². The van der Waals surface area contributed by atoms with Crippen molar-refractivity contribution >= 4 is 11.6 Å². The third-order valence-electron chi connectivity index (χ3n) is 3.24. The van der Waals surface area contributed by atoms with Crippen LogP contribution >= 0.6 is 0 Å². The minimum atomic E-state index is -4.94. The lowest BCUT2D eigenvalue weighted by atomic mass is 10.2. The molecule has 0 unspecified atom stereocenters. The summed E-state index contributed by atoms with van der Waals surface area (Å²) in [5.41, 5.74) is 0.975. The number of nitrogens with one attached hydrogen (secondary N) is 1. The van der Waals surface area contributed by atoms with Crippen LogP contribution in [-0.2, 0) is 4.79 Å². The van der Waals surface area contributed by atoms with E-state index in [0.29, 0.717) is 17.0 Å². The third kappa shape index (κ3) is 3.87. The van der Waals surface area contributed by atoms with Gasteiger partial charge in [0.1, 0.15) is 12.4 Å². The number of hydrogen-bond donors (Lipinski definition) is 1. The Morgan fingerprint density at radius 2 is 1.85 bits per heavy atom. The number of carbonyl (C=O) groups is 1. The van der Waals surface area contributed by atoms with Gasteiger partial charge < -0.3 is 10.1 Å². The van der Waals surface area contributed by atoms with E-state index in [4.69, 9.17) is 4.74 Å². The fraction of sp³-hybridized carbons (Fsp3) is 0.200. The fourth-order valence-electron chi connectivity index (χ4n) is 2.05. The number of rotatable bonds is 5. The summed E-state index contributed by atoms with van der Waals surface area (Å²) in [4.78, 5) is 10.7. The molecule has 0 aliphatic rings. The largest absolute Gasteiger partial charge is 0.475 e. The SMILES string of the molecule is O=C(NCCOc1ccc2nnc(-c3ccc(F)cc3)n2n1)C(F)(F)F. The van der Waals surface area contributed by atoms with Gasteiger partial charge in [-0.1, -0.05) is 0 Å². The summed E-state index contributed by atoms with van der Waals surface area (Å²) in [6.07, 6.45) is -4.94. The predicted octanol–water partition coefficient (Wildman–Crippen LogP) is 1.99. The summed E-state index contributed by atoms with van der Waals surface area (Å²) < 4.78 is 55.8. The van der Waals surface area contributed by atoms with Crippen molar-refractivity contribution in [1.29, 1.82) is 0 Å². The van der Waals surface area contributed by atoms with Gasteiger partial charge in [-0.2, -0.15) is 17.7 Å². The molecule has 3 aromatic rings. The summed E-state index contributed by atoms with van der Waals surface area (Å²) >= 11 is 0. The van der Waals surface area contributed by atoms with E-state index in [1.54, 1.807) is 11.4 Å². The number of amides is 1. The van der Waals surface area contributed by atoms with Crippen LogP contribution in [0.3, 0.4) is 0 Å². The van der Waals surface area contributed by atoms with Crippen molar-refractivity contribution in [3.8, 4) is 17.3 Å². The average molecular weight is 369 g/mol. The lowest BCUT2D eigenvalue weighted by Crippen LogP contribution is -2.38. The molecule has 0 aliphatic heterocycles. The molecule has 0 bridgehead atoms. The highest BCUT2D eigenvalue weighted by Crippen LogP contribution is 2.19. The molecule has 26 heavy (non-hydrogen) atoms. The van der Waals surface area contributed by atoms with Crippen molar-refractivity contribution < 1.29 is 27.1 Å². The highest BCUT2D eigenvalue weighted by Gasteiger charge is 2.38. The van der Waals surface area contributed by atoms with Crippen LogP contribution < -0.4 is 10.1 Å². The maximum absolute atomic E-state index is 13.0. The number of ether oxygens (including phenoxy) is 1. The molecule has 136 valence electrons.